The average Bonchev–Trinajstić information content (AvgIpc) is 2.54. The zero-order valence-electron chi connectivity index (χ0n) is 14.6. The maximum atomic E-state index is 12.2. The van der Waals surface area contributed by atoms with E-state index in [1.54, 1.807) is 29.8 Å². The lowest BCUT2D eigenvalue weighted by atomic mass is 9.95. The zero-order chi connectivity index (χ0) is 17.7. The summed E-state index contributed by atoms with van der Waals surface area (Å²) < 4.78 is 1.74. The zero-order valence-corrected chi connectivity index (χ0v) is 14.6. The molecule has 0 aliphatic rings. The Morgan fingerprint density at radius 2 is 2.00 bits per heavy atom. The molecule has 0 saturated carbocycles. The third kappa shape index (κ3) is 4.93. The number of benzene rings is 1. The Morgan fingerprint density at radius 1 is 1.29 bits per heavy atom. The topological polar surface area (TPSA) is 71.3 Å². The fourth-order valence-corrected chi connectivity index (χ4v) is 2.59. The summed E-state index contributed by atoms with van der Waals surface area (Å²) in [7, 11) is 0. The number of nitrogens with one attached hydrogen (secondary N) is 1. The maximum absolute atomic E-state index is 12.2. The molecule has 1 heterocycles. The Balaban J connectivity index is 2.01. The van der Waals surface area contributed by atoms with Gasteiger partial charge in [0.05, 0.1) is 11.1 Å². The van der Waals surface area contributed by atoms with Crippen LogP contribution in [0.2, 0.25) is 0 Å². The van der Waals surface area contributed by atoms with Crippen molar-refractivity contribution in [1.29, 1.82) is 0 Å². The van der Waals surface area contributed by atoms with E-state index in [1.165, 1.54) is 6.07 Å². The number of amides is 1. The van der Waals surface area contributed by atoms with Crippen molar-refractivity contribution >= 4 is 16.8 Å². The van der Waals surface area contributed by atoms with Gasteiger partial charge in [-0.25, -0.2) is 0 Å². The molecule has 0 fully saturated rings. The van der Waals surface area contributed by atoms with Crippen LogP contribution in [0.4, 0.5) is 0 Å². The first-order valence-electron chi connectivity index (χ1n) is 8.36. The molecule has 0 saturated heterocycles. The minimum atomic E-state index is -0.911. The number of carbonyl (C=O) groups is 1. The fraction of sp³-hybridized carbons (Fsp3) is 0.474. The minimum Gasteiger partial charge on any atom is -0.388 e. The van der Waals surface area contributed by atoms with E-state index in [0.717, 1.165) is 11.9 Å². The van der Waals surface area contributed by atoms with Crippen molar-refractivity contribution in [2.45, 2.75) is 45.8 Å². The van der Waals surface area contributed by atoms with E-state index in [4.69, 9.17) is 0 Å². The second kappa shape index (κ2) is 7.62. The predicted molar refractivity (Wildman–Crippen MR) is 95.9 cm³/mol. The highest BCUT2D eigenvalue weighted by Crippen LogP contribution is 2.15. The Bertz CT molecular complexity index is 763. The number of hydrogen-bond donors (Lipinski definition) is 2. The summed E-state index contributed by atoms with van der Waals surface area (Å²) >= 11 is 0. The highest BCUT2D eigenvalue weighted by atomic mass is 16.3. The standard InChI is InChI=1S/C19H26N2O3/c1-14(2)8-10-19(3,24)13-20-18(23)12-21-11-9-17(22)15-6-4-5-7-16(15)21/h4-7,9,11,14,24H,8,10,12-13H2,1-3H3,(H,20,23). The van der Waals surface area contributed by atoms with Crippen LogP contribution in [0.25, 0.3) is 10.9 Å². The molecule has 2 rings (SSSR count). The van der Waals surface area contributed by atoms with E-state index in [2.05, 4.69) is 19.2 Å². The van der Waals surface area contributed by atoms with Gasteiger partial charge in [-0.2, -0.15) is 0 Å². The second-order valence-electron chi connectivity index (χ2n) is 7.03. The van der Waals surface area contributed by atoms with Gasteiger partial charge in [-0.15, -0.1) is 0 Å². The normalized spacial score (nSPS) is 13.9. The van der Waals surface area contributed by atoms with Crippen LogP contribution in [0.15, 0.2) is 41.3 Å². The summed E-state index contributed by atoms with van der Waals surface area (Å²) in [5, 5.41) is 13.7. The van der Waals surface area contributed by atoms with Crippen molar-refractivity contribution in [2.75, 3.05) is 6.54 Å². The smallest absolute Gasteiger partial charge is 0.240 e. The molecule has 0 aliphatic carbocycles. The van der Waals surface area contributed by atoms with Gasteiger partial charge in [0.25, 0.3) is 0 Å². The van der Waals surface area contributed by atoms with Gasteiger partial charge in [-0.3, -0.25) is 9.59 Å². The third-order valence-corrected chi connectivity index (χ3v) is 4.13. The van der Waals surface area contributed by atoms with Crippen LogP contribution in [0.3, 0.4) is 0 Å². The number of pyridine rings is 1. The molecule has 130 valence electrons. The van der Waals surface area contributed by atoms with Crippen LogP contribution in [0, 0.1) is 5.92 Å². The molecule has 2 aromatic rings. The predicted octanol–water partition coefficient (Wildman–Crippen LogP) is 2.30. The van der Waals surface area contributed by atoms with Crippen molar-refractivity contribution < 1.29 is 9.90 Å². The Hall–Kier alpha value is -2.14. The van der Waals surface area contributed by atoms with Gasteiger partial charge in [0.15, 0.2) is 5.43 Å². The van der Waals surface area contributed by atoms with Crippen LogP contribution < -0.4 is 10.7 Å². The number of aromatic nitrogens is 1. The minimum absolute atomic E-state index is 0.0566. The Kier molecular flexibility index (Phi) is 5.78. The van der Waals surface area contributed by atoms with Crippen molar-refractivity contribution in [2.24, 2.45) is 5.92 Å². The van der Waals surface area contributed by atoms with Gasteiger partial charge in [-0.05, 0) is 37.8 Å². The van der Waals surface area contributed by atoms with E-state index >= 15 is 0 Å². The van der Waals surface area contributed by atoms with Gasteiger partial charge in [0.2, 0.25) is 5.91 Å². The Morgan fingerprint density at radius 3 is 2.71 bits per heavy atom. The van der Waals surface area contributed by atoms with Gasteiger partial charge in [0, 0.05) is 24.2 Å². The van der Waals surface area contributed by atoms with Crippen LogP contribution in [0.5, 0.6) is 0 Å². The number of aliphatic hydroxyl groups is 1. The van der Waals surface area contributed by atoms with Gasteiger partial charge >= 0.3 is 0 Å². The average molecular weight is 330 g/mol. The van der Waals surface area contributed by atoms with Crippen molar-refractivity contribution in [1.82, 2.24) is 9.88 Å². The molecule has 2 N–H and O–H groups in total. The summed E-state index contributed by atoms with van der Waals surface area (Å²) in [5.74, 6) is 0.327. The highest BCUT2D eigenvalue weighted by molar-refractivity contribution is 5.82. The fourth-order valence-electron chi connectivity index (χ4n) is 2.59. The van der Waals surface area contributed by atoms with E-state index in [1.807, 2.05) is 12.1 Å². The van der Waals surface area contributed by atoms with E-state index in [9.17, 15) is 14.7 Å². The molecule has 24 heavy (non-hydrogen) atoms. The molecule has 5 nitrogen and oxygen atoms in total. The number of hydrogen-bond acceptors (Lipinski definition) is 3. The molecule has 0 spiro atoms. The summed E-state index contributed by atoms with van der Waals surface area (Å²) in [5.41, 5.74) is -0.239. The highest BCUT2D eigenvalue weighted by Gasteiger charge is 2.21. The molecule has 5 heteroatoms. The van der Waals surface area contributed by atoms with Crippen molar-refractivity contribution in [3.8, 4) is 0 Å². The molecule has 1 atom stereocenters. The second-order valence-corrected chi connectivity index (χ2v) is 7.03. The molecule has 1 aromatic carbocycles. The van der Waals surface area contributed by atoms with Crippen LogP contribution in [-0.2, 0) is 11.3 Å². The molecule has 0 bridgehead atoms. The molecule has 1 unspecified atom stereocenters. The Labute approximate surface area is 142 Å². The molecule has 0 aliphatic heterocycles. The van der Waals surface area contributed by atoms with E-state index in [-0.39, 0.29) is 24.4 Å². The lowest BCUT2D eigenvalue weighted by Crippen LogP contribution is -2.42. The van der Waals surface area contributed by atoms with Gasteiger partial charge in [-0.1, -0.05) is 26.0 Å². The SMILES string of the molecule is CC(C)CCC(C)(O)CNC(=O)Cn1ccc(=O)c2ccccc21. The maximum Gasteiger partial charge on any atom is 0.240 e. The number of fused-ring (bicyclic) bond motifs is 1. The summed E-state index contributed by atoms with van der Waals surface area (Å²) in [6.07, 6.45) is 3.18. The largest absolute Gasteiger partial charge is 0.388 e. The van der Waals surface area contributed by atoms with Gasteiger partial charge < -0.3 is 15.0 Å². The number of para-hydroxylation sites is 1. The van der Waals surface area contributed by atoms with Crippen LogP contribution >= 0.6 is 0 Å². The van der Waals surface area contributed by atoms with Crippen molar-refractivity contribution in [3.63, 3.8) is 0 Å². The molecule has 0 radical (unpaired) electrons. The monoisotopic (exact) mass is 330 g/mol. The van der Waals surface area contributed by atoms with E-state index < -0.39 is 5.60 Å². The molecular weight excluding hydrogens is 304 g/mol. The van der Waals surface area contributed by atoms with Crippen molar-refractivity contribution in [3.05, 3.63) is 46.8 Å². The first-order chi connectivity index (χ1) is 11.3. The molecule has 1 amide bonds. The number of carbonyl (C=O) groups excluding carboxylic acids is 1. The summed E-state index contributed by atoms with van der Waals surface area (Å²) in [4.78, 5) is 24.1. The first kappa shape index (κ1) is 18.2. The molecular formula is C19H26N2O3. The number of nitrogens with zero attached hydrogens (tertiary/aromatic N) is 1. The molecule has 1 aromatic heterocycles. The van der Waals surface area contributed by atoms with Crippen LogP contribution in [-0.4, -0.2) is 27.7 Å². The first-order valence-corrected chi connectivity index (χ1v) is 8.36. The number of rotatable bonds is 7. The van der Waals surface area contributed by atoms with Gasteiger partial charge in [0.1, 0.15) is 6.54 Å². The lowest BCUT2D eigenvalue weighted by molar-refractivity contribution is -0.122. The summed E-state index contributed by atoms with van der Waals surface area (Å²) in [6, 6.07) is 8.69. The third-order valence-electron chi connectivity index (χ3n) is 4.13. The quantitative estimate of drug-likeness (QED) is 0.818. The van der Waals surface area contributed by atoms with E-state index in [0.29, 0.717) is 17.7 Å². The van der Waals surface area contributed by atoms with Crippen LogP contribution in [0.1, 0.15) is 33.6 Å². The summed E-state index contributed by atoms with van der Waals surface area (Å²) in [6.45, 7) is 6.29. The lowest BCUT2D eigenvalue weighted by Gasteiger charge is -2.24.